The maximum Gasteiger partial charge on any atom is 0.230 e. The Morgan fingerprint density at radius 1 is 1.12 bits per heavy atom. The fraction of sp³-hybridized carbons (Fsp3) is 0.632. The highest BCUT2D eigenvalue weighted by Crippen LogP contribution is 2.40. The average molecular weight is 332 g/mol. The van der Waals surface area contributed by atoms with Gasteiger partial charge in [-0.1, -0.05) is 12.8 Å². The Morgan fingerprint density at radius 2 is 1.75 bits per heavy atom. The first-order valence-electron chi connectivity index (χ1n) is 8.77. The van der Waals surface area contributed by atoms with Crippen molar-refractivity contribution in [2.45, 2.75) is 38.1 Å². The lowest BCUT2D eigenvalue weighted by Gasteiger charge is -2.39. The average Bonchev–Trinajstić information content (AvgIpc) is 3.13. The molecular formula is C19H28N2O3. The molecule has 1 saturated carbocycles. The number of carbonyl (C=O) groups is 1. The summed E-state index contributed by atoms with van der Waals surface area (Å²) in [6, 6.07) is 4.31. The van der Waals surface area contributed by atoms with E-state index in [0.717, 1.165) is 42.8 Å². The Kier molecular flexibility index (Phi) is 4.99. The van der Waals surface area contributed by atoms with E-state index in [1.165, 1.54) is 12.8 Å². The van der Waals surface area contributed by atoms with Crippen molar-refractivity contribution < 1.29 is 14.3 Å². The van der Waals surface area contributed by atoms with E-state index in [1.807, 2.05) is 17.0 Å². The quantitative estimate of drug-likeness (QED) is 0.850. The molecule has 0 radical (unpaired) electrons. The molecule has 1 fully saturated rings. The van der Waals surface area contributed by atoms with Gasteiger partial charge in [-0.25, -0.2) is 0 Å². The van der Waals surface area contributed by atoms with Crippen LogP contribution < -0.4 is 14.4 Å². The Bertz CT molecular complexity index is 609. The second-order valence-electron chi connectivity index (χ2n) is 7.09. The maximum atomic E-state index is 13.1. The summed E-state index contributed by atoms with van der Waals surface area (Å²) in [6.45, 7) is 0.741. The largest absolute Gasteiger partial charge is 0.493 e. The van der Waals surface area contributed by atoms with Crippen molar-refractivity contribution in [2.75, 3.05) is 39.8 Å². The highest BCUT2D eigenvalue weighted by molar-refractivity contribution is 5.97. The van der Waals surface area contributed by atoms with E-state index in [0.29, 0.717) is 11.8 Å². The third kappa shape index (κ3) is 3.09. The van der Waals surface area contributed by atoms with Gasteiger partial charge in [-0.2, -0.15) is 0 Å². The van der Waals surface area contributed by atoms with Crippen LogP contribution >= 0.6 is 0 Å². The number of fused-ring (bicyclic) bond motifs is 1. The van der Waals surface area contributed by atoms with Gasteiger partial charge in [0.2, 0.25) is 5.91 Å². The lowest BCUT2D eigenvalue weighted by molar-refractivity contribution is -0.122. The monoisotopic (exact) mass is 332 g/mol. The van der Waals surface area contributed by atoms with Crippen LogP contribution in [0, 0.1) is 5.92 Å². The van der Waals surface area contributed by atoms with Crippen molar-refractivity contribution in [3.8, 4) is 11.5 Å². The third-order valence-corrected chi connectivity index (χ3v) is 5.43. The SMILES string of the molecule is COc1cc2c(cc1OC)N(C(=O)C1CCCC1)CC(N(C)C)C2. The molecule has 3 rings (SSSR count). The van der Waals surface area contributed by atoms with Crippen molar-refractivity contribution >= 4 is 11.6 Å². The number of benzene rings is 1. The first kappa shape index (κ1) is 17.1. The number of hydrogen-bond acceptors (Lipinski definition) is 4. The highest BCUT2D eigenvalue weighted by Gasteiger charge is 2.35. The first-order valence-corrected chi connectivity index (χ1v) is 8.77. The van der Waals surface area contributed by atoms with E-state index in [1.54, 1.807) is 14.2 Å². The molecule has 5 heteroatoms. The second-order valence-corrected chi connectivity index (χ2v) is 7.09. The van der Waals surface area contributed by atoms with Crippen molar-refractivity contribution in [3.05, 3.63) is 17.7 Å². The molecular weight excluding hydrogens is 304 g/mol. The number of amides is 1. The molecule has 2 aliphatic rings. The Morgan fingerprint density at radius 3 is 2.33 bits per heavy atom. The molecule has 0 saturated heterocycles. The molecule has 1 amide bonds. The summed E-state index contributed by atoms with van der Waals surface area (Å²) in [6.07, 6.45) is 5.28. The second kappa shape index (κ2) is 7.01. The zero-order valence-electron chi connectivity index (χ0n) is 15.2. The molecule has 1 aliphatic heterocycles. The number of hydrogen-bond donors (Lipinski definition) is 0. The minimum absolute atomic E-state index is 0.173. The molecule has 0 spiro atoms. The summed E-state index contributed by atoms with van der Waals surface area (Å²) in [5.74, 6) is 1.85. The van der Waals surface area contributed by atoms with E-state index in [-0.39, 0.29) is 11.8 Å². The molecule has 0 N–H and O–H groups in total. The number of methoxy groups -OCH3 is 2. The molecule has 0 bridgehead atoms. The zero-order chi connectivity index (χ0) is 17.3. The molecule has 24 heavy (non-hydrogen) atoms. The number of rotatable bonds is 4. The summed E-state index contributed by atoms with van der Waals surface area (Å²) in [5.41, 5.74) is 2.14. The van der Waals surface area contributed by atoms with Crippen LogP contribution in [0.1, 0.15) is 31.2 Å². The first-order chi connectivity index (χ1) is 11.5. The molecule has 0 aromatic heterocycles. The van der Waals surface area contributed by atoms with Gasteiger partial charge in [0.05, 0.1) is 19.9 Å². The predicted molar refractivity (Wildman–Crippen MR) is 95.0 cm³/mol. The van der Waals surface area contributed by atoms with Gasteiger partial charge < -0.3 is 19.3 Å². The lowest BCUT2D eigenvalue weighted by atomic mass is 9.94. The fourth-order valence-electron chi connectivity index (χ4n) is 3.90. The standard InChI is InChI=1S/C19H28N2O3/c1-20(2)15-9-14-10-17(23-3)18(24-4)11-16(14)21(12-15)19(22)13-7-5-6-8-13/h10-11,13,15H,5-9,12H2,1-4H3. The van der Waals surface area contributed by atoms with Crippen molar-refractivity contribution in [1.82, 2.24) is 4.90 Å². The summed E-state index contributed by atoms with van der Waals surface area (Å²) < 4.78 is 10.9. The van der Waals surface area contributed by atoms with E-state index in [4.69, 9.17) is 9.47 Å². The highest BCUT2D eigenvalue weighted by atomic mass is 16.5. The smallest absolute Gasteiger partial charge is 0.230 e. The van der Waals surface area contributed by atoms with Crippen LogP contribution in [0.25, 0.3) is 0 Å². The van der Waals surface area contributed by atoms with E-state index in [9.17, 15) is 4.79 Å². The number of ether oxygens (including phenoxy) is 2. The summed E-state index contributed by atoms with van der Waals surface area (Å²) in [5, 5.41) is 0. The van der Waals surface area contributed by atoms with Gasteiger partial charge in [0.25, 0.3) is 0 Å². The minimum atomic E-state index is 0.173. The van der Waals surface area contributed by atoms with Crippen LogP contribution in [0.2, 0.25) is 0 Å². The Balaban J connectivity index is 2.00. The molecule has 1 aliphatic carbocycles. The Hall–Kier alpha value is -1.75. The Labute approximate surface area is 144 Å². The number of likely N-dealkylation sites (N-methyl/N-ethyl adjacent to an activating group) is 1. The zero-order valence-corrected chi connectivity index (χ0v) is 15.2. The van der Waals surface area contributed by atoms with Gasteiger partial charge in [0.15, 0.2) is 11.5 Å². The van der Waals surface area contributed by atoms with Crippen molar-refractivity contribution in [1.29, 1.82) is 0 Å². The number of anilines is 1. The predicted octanol–water partition coefficient (Wildman–Crippen LogP) is 2.71. The van der Waals surface area contributed by atoms with Gasteiger partial charge in [0, 0.05) is 24.6 Å². The molecule has 5 nitrogen and oxygen atoms in total. The van der Waals surface area contributed by atoms with Crippen molar-refractivity contribution in [2.24, 2.45) is 5.92 Å². The van der Waals surface area contributed by atoms with Gasteiger partial charge in [-0.3, -0.25) is 4.79 Å². The lowest BCUT2D eigenvalue weighted by Crippen LogP contribution is -2.49. The topological polar surface area (TPSA) is 42.0 Å². The molecule has 1 unspecified atom stereocenters. The van der Waals surface area contributed by atoms with E-state index in [2.05, 4.69) is 19.0 Å². The van der Waals surface area contributed by atoms with Gasteiger partial charge in [0.1, 0.15) is 0 Å². The van der Waals surface area contributed by atoms with Crippen LogP contribution in [-0.4, -0.2) is 51.7 Å². The molecule has 1 atom stereocenters. The van der Waals surface area contributed by atoms with Crippen LogP contribution in [-0.2, 0) is 11.2 Å². The molecule has 132 valence electrons. The molecule has 1 heterocycles. The van der Waals surface area contributed by atoms with E-state index < -0.39 is 0 Å². The maximum absolute atomic E-state index is 13.1. The van der Waals surface area contributed by atoms with Crippen LogP contribution in [0.5, 0.6) is 11.5 Å². The third-order valence-electron chi connectivity index (χ3n) is 5.43. The number of carbonyl (C=O) groups excluding carboxylic acids is 1. The fourth-order valence-corrected chi connectivity index (χ4v) is 3.90. The van der Waals surface area contributed by atoms with Gasteiger partial charge in [-0.05, 0) is 45.0 Å². The van der Waals surface area contributed by atoms with Gasteiger partial charge in [-0.15, -0.1) is 0 Å². The van der Waals surface area contributed by atoms with E-state index >= 15 is 0 Å². The number of nitrogens with zero attached hydrogens (tertiary/aromatic N) is 2. The van der Waals surface area contributed by atoms with Crippen LogP contribution in [0.4, 0.5) is 5.69 Å². The molecule has 1 aromatic rings. The van der Waals surface area contributed by atoms with Crippen LogP contribution in [0.15, 0.2) is 12.1 Å². The van der Waals surface area contributed by atoms with Crippen LogP contribution in [0.3, 0.4) is 0 Å². The summed E-state index contributed by atoms with van der Waals surface area (Å²) in [7, 11) is 7.44. The normalized spacial score (nSPS) is 21.0. The minimum Gasteiger partial charge on any atom is -0.493 e. The van der Waals surface area contributed by atoms with Crippen molar-refractivity contribution in [3.63, 3.8) is 0 Å². The van der Waals surface area contributed by atoms with Gasteiger partial charge >= 0.3 is 0 Å². The summed E-state index contributed by atoms with van der Waals surface area (Å²) in [4.78, 5) is 17.3. The molecule has 1 aromatic carbocycles. The summed E-state index contributed by atoms with van der Waals surface area (Å²) >= 11 is 0.